The first-order valence-electron chi connectivity index (χ1n) is 9.30. The maximum absolute atomic E-state index is 3.32. The van der Waals surface area contributed by atoms with E-state index in [2.05, 4.69) is 32.6 Å². The molecule has 0 nitrogen and oxygen atoms in total. The second kappa shape index (κ2) is 16.6. The van der Waals surface area contributed by atoms with Gasteiger partial charge in [-0.05, 0) is 12.3 Å². The summed E-state index contributed by atoms with van der Waals surface area (Å²) < 4.78 is 0. The Morgan fingerprint density at radius 1 is 0.650 bits per heavy atom. The summed E-state index contributed by atoms with van der Waals surface area (Å²) in [5.41, 5.74) is 0. The summed E-state index contributed by atoms with van der Waals surface area (Å²) >= 11 is 0. The molecule has 0 bridgehead atoms. The second-order valence-corrected chi connectivity index (χ2v) is 6.16. The minimum atomic E-state index is 0.850. The molecule has 1 unspecified atom stereocenters. The molecule has 1 atom stereocenters. The fraction of sp³-hybridized carbons (Fsp3) is 0.900. The van der Waals surface area contributed by atoms with Crippen molar-refractivity contribution in [1.29, 1.82) is 0 Å². The average Bonchev–Trinajstić information content (AvgIpc) is 2.47. The van der Waals surface area contributed by atoms with Gasteiger partial charge in [0.2, 0.25) is 0 Å². The van der Waals surface area contributed by atoms with Crippen LogP contribution in [0.3, 0.4) is 0 Å². The molecular formula is C20H38. The van der Waals surface area contributed by atoms with Crippen molar-refractivity contribution in [3.63, 3.8) is 0 Å². The Balaban J connectivity index is 3.28. The Morgan fingerprint density at radius 2 is 1.20 bits per heavy atom. The van der Waals surface area contributed by atoms with Gasteiger partial charge in [0.05, 0.1) is 0 Å². The van der Waals surface area contributed by atoms with Gasteiger partial charge in [-0.1, -0.05) is 91.4 Å². The van der Waals surface area contributed by atoms with Gasteiger partial charge < -0.3 is 0 Å². The highest BCUT2D eigenvalue weighted by Crippen LogP contribution is 2.18. The van der Waals surface area contributed by atoms with Crippen LogP contribution in [-0.4, -0.2) is 0 Å². The Hall–Kier alpha value is -0.440. The molecule has 0 saturated carbocycles. The minimum Gasteiger partial charge on any atom is -0.104 e. The van der Waals surface area contributed by atoms with Gasteiger partial charge >= 0.3 is 0 Å². The summed E-state index contributed by atoms with van der Waals surface area (Å²) in [4.78, 5) is 0. The summed E-state index contributed by atoms with van der Waals surface area (Å²) in [6, 6.07) is 0. The van der Waals surface area contributed by atoms with Gasteiger partial charge in [0.1, 0.15) is 0 Å². The van der Waals surface area contributed by atoms with Crippen LogP contribution in [0.25, 0.3) is 0 Å². The van der Waals surface area contributed by atoms with Crippen LogP contribution in [0.5, 0.6) is 0 Å². The Morgan fingerprint density at radius 3 is 1.70 bits per heavy atom. The van der Waals surface area contributed by atoms with Crippen LogP contribution in [-0.2, 0) is 0 Å². The van der Waals surface area contributed by atoms with Gasteiger partial charge in [-0.25, -0.2) is 0 Å². The van der Waals surface area contributed by atoms with Crippen LogP contribution in [0.2, 0.25) is 0 Å². The van der Waals surface area contributed by atoms with E-state index >= 15 is 0 Å². The molecule has 0 aliphatic heterocycles. The lowest BCUT2D eigenvalue weighted by atomic mass is 9.95. The standard InChI is InChI=1S/C20H38/c1-4-7-9-10-11-12-13-14-15-17-19-20(6-3)18-16-8-5-2/h20H,4-7,9-15,17-19H2,1-3H3. The molecule has 0 aromatic heterocycles. The third-order valence-electron chi connectivity index (χ3n) is 4.24. The second-order valence-electron chi connectivity index (χ2n) is 6.16. The number of hydrogen-bond donors (Lipinski definition) is 0. The highest BCUT2D eigenvalue weighted by Gasteiger charge is 2.03. The zero-order valence-electron chi connectivity index (χ0n) is 14.5. The minimum absolute atomic E-state index is 0.850. The summed E-state index contributed by atoms with van der Waals surface area (Å²) in [5.74, 6) is 7.37. The van der Waals surface area contributed by atoms with Gasteiger partial charge in [0, 0.05) is 12.8 Å². The fourth-order valence-electron chi connectivity index (χ4n) is 2.71. The summed E-state index contributed by atoms with van der Waals surface area (Å²) in [6.45, 7) is 6.74. The molecule has 0 rings (SSSR count). The molecule has 20 heavy (non-hydrogen) atoms. The maximum atomic E-state index is 3.32. The average molecular weight is 279 g/mol. The van der Waals surface area contributed by atoms with Gasteiger partial charge in [0.15, 0.2) is 0 Å². The number of unbranched alkanes of at least 4 members (excludes halogenated alkanes) is 9. The molecule has 0 amide bonds. The first-order chi connectivity index (χ1) is 9.85. The Kier molecular flexibility index (Phi) is 16.2. The van der Waals surface area contributed by atoms with E-state index in [1.54, 1.807) is 0 Å². The van der Waals surface area contributed by atoms with Crippen molar-refractivity contribution in [3.05, 3.63) is 0 Å². The molecule has 0 saturated heterocycles. The molecule has 0 aliphatic carbocycles. The zero-order chi connectivity index (χ0) is 14.9. The molecule has 0 aromatic rings. The fourth-order valence-corrected chi connectivity index (χ4v) is 2.71. The Labute approximate surface area is 129 Å². The number of hydrogen-bond acceptors (Lipinski definition) is 0. The lowest BCUT2D eigenvalue weighted by Crippen LogP contribution is -1.97. The molecular weight excluding hydrogens is 240 g/mol. The molecule has 0 N–H and O–H groups in total. The molecule has 0 heterocycles. The van der Waals surface area contributed by atoms with Crippen molar-refractivity contribution in [1.82, 2.24) is 0 Å². The van der Waals surface area contributed by atoms with Crippen LogP contribution in [0.4, 0.5) is 0 Å². The van der Waals surface area contributed by atoms with Crippen LogP contribution in [0.1, 0.15) is 111 Å². The quantitative estimate of drug-likeness (QED) is 0.248. The highest BCUT2D eigenvalue weighted by molar-refractivity contribution is 4.98. The first kappa shape index (κ1) is 19.6. The third kappa shape index (κ3) is 14.0. The van der Waals surface area contributed by atoms with Crippen LogP contribution in [0, 0.1) is 17.8 Å². The lowest BCUT2D eigenvalue weighted by Gasteiger charge is -2.11. The van der Waals surface area contributed by atoms with E-state index < -0.39 is 0 Å². The summed E-state index contributed by atoms with van der Waals surface area (Å²) in [6.07, 6.45) is 19.2. The molecule has 118 valence electrons. The van der Waals surface area contributed by atoms with Crippen molar-refractivity contribution in [3.8, 4) is 11.8 Å². The third-order valence-corrected chi connectivity index (χ3v) is 4.24. The first-order valence-corrected chi connectivity index (χ1v) is 9.30. The normalized spacial score (nSPS) is 11.9. The monoisotopic (exact) mass is 278 g/mol. The van der Waals surface area contributed by atoms with Crippen LogP contribution < -0.4 is 0 Å². The van der Waals surface area contributed by atoms with E-state index in [-0.39, 0.29) is 0 Å². The van der Waals surface area contributed by atoms with Crippen molar-refractivity contribution in [2.45, 2.75) is 111 Å². The van der Waals surface area contributed by atoms with E-state index in [1.807, 2.05) is 0 Å². The van der Waals surface area contributed by atoms with Crippen LogP contribution >= 0.6 is 0 Å². The van der Waals surface area contributed by atoms with E-state index in [0.717, 1.165) is 18.8 Å². The summed E-state index contributed by atoms with van der Waals surface area (Å²) in [7, 11) is 0. The molecule has 0 aromatic carbocycles. The van der Waals surface area contributed by atoms with Gasteiger partial charge in [-0.15, -0.1) is 11.8 Å². The topological polar surface area (TPSA) is 0 Å². The van der Waals surface area contributed by atoms with E-state index in [9.17, 15) is 0 Å². The summed E-state index contributed by atoms with van der Waals surface area (Å²) in [5, 5.41) is 0. The van der Waals surface area contributed by atoms with Crippen LogP contribution in [0.15, 0.2) is 0 Å². The van der Waals surface area contributed by atoms with Crippen molar-refractivity contribution < 1.29 is 0 Å². The maximum Gasteiger partial charge on any atom is 0.0117 e. The van der Waals surface area contributed by atoms with Crippen molar-refractivity contribution in [2.75, 3.05) is 0 Å². The molecule has 0 spiro atoms. The van der Waals surface area contributed by atoms with Gasteiger partial charge in [-0.2, -0.15) is 0 Å². The van der Waals surface area contributed by atoms with E-state index in [0.29, 0.717) is 0 Å². The van der Waals surface area contributed by atoms with Gasteiger partial charge in [-0.3, -0.25) is 0 Å². The predicted octanol–water partition coefficient (Wildman–Crippen LogP) is 7.13. The number of rotatable bonds is 13. The lowest BCUT2D eigenvalue weighted by molar-refractivity contribution is 0.445. The van der Waals surface area contributed by atoms with E-state index in [4.69, 9.17) is 0 Å². The molecule has 0 aliphatic rings. The van der Waals surface area contributed by atoms with Crippen molar-refractivity contribution in [2.24, 2.45) is 5.92 Å². The zero-order valence-corrected chi connectivity index (χ0v) is 14.5. The SMILES string of the molecule is CCC#CCC(CC)CCCCCCCCCCCC. The smallest absolute Gasteiger partial charge is 0.0117 e. The van der Waals surface area contributed by atoms with Gasteiger partial charge in [0.25, 0.3) is 0 Å². The molecule has 0 fully saturated rings. The largest absolute Gasteiger partial charge is 0.104 e. The molecule has 0 radical (unpaired) electrons. The predicted molar refractivity (Wildman–Crippen MR) is 92.9 cm³/mol. The Bertz CT molecular complexity index is 230. The highest BCUT2D eigenvalue weighted by atomic mass is 14.1. The van der Waals surface area contributed by atoms with E-state index in [1.165, 1.54) is 77.0 Å². The van der Waals surface area contributed by atoms with Crippen molar-refractivity contribution >= 4 is 0 Å². The molecule has 0 heteroatoms.